The molecule has 0 aliphatic carbocycles. The molecular formula is C22H19N3O2S. The second kappa shape index (κ2) is 7.40. The summed E-state index contributed by atoms with van der Waals surface area (Å²) in [4.78, 5) is 30.6. The molecule has 2 heterocycles. The van der Waals surface area contributed by atoms with Crippen molar-refractivity contribution in [2.24, 2.45) is 0 Å². The lowest BCUT2D eigenvalue weighted by Crippen LogP contribution is -2.26. The Morgan fingerprint density at radius 3 is 2.46 bits per heavy atom. The second-order valence-corrected chi connectivity index (χ2v) is 7.65. The van der Waals surface area contributed by atoms with Crippen LogP contribution in [0.5, 0.6) is 0 Å². The molecule has 28 heavy (non-hydrogen) atoms. The van der Waals surface area contributed by atoms with Gasteiger partial charge in [-0.25, -0.2) is 4.98 Å². The number of nitrogens with zero attached hydrogens (tertiary/aromatic N) is 2. The predicted molar refractivity (Wildman–Crippen MR) is 113 cm³/mol. The Labute approximate surface area is 166 Å². The first-order valence-corrected chi connectivity index (χ1v) is 9.88. The van der Waals surface area contributed by atoms with Crippen LogP contribution >= 0.6 is 11.3 Å². The monoisotopic (exact) mass is 389 g/mol. The Morgan fingerprint density at radius 1 is 1.07 bits per heavy atom. The van der Waals surface area contributed by atoms with Crippen LogP contribution in [0.4, 0.5) is 5.69 Å². The average Bonchev–Trinajstić information content (AvgIpc) is 3.14. The third kappa shape index (κ3) is 3.34. The number of aromatic nitrogens is 2. The van der Waals surface area contributed by atoms with E-state index in [1.54, 1.807) is 0 Å². The Balaban J connectivity index is 1.70. The van der Waals surface area contributed by atoms with E-state index < -0.39 is 5.91 Å². The highest BCUT2D eigenvalue weighted by Crippen LogP contribution is 2.24. The molecule has 0 saturated heterocycles. The van der Waals surface area contributed by atoms with E-state index in [0.29, 0.717) is 16.6 Å². The van der Waals surface area contributed by atoms with Gasteiger partial charge in [-0.2, -0.15) is 0 Å². The van der Waals surface area contributed by atoms with Gasteiger partial charge in [0.15, 0.2) is 4.96 Å². The van der Waals surface area contributed by atoms with Crippen molar-refractivity contribution >= 4 is 27.9 Å². The number of benzene rings is 2. The van der Waals surface area contributed by atoms with Crippen LogP contribution in [0.1, 0.15) is 35.7 Å². The zero-order valence-electron chi connectivity index (χ0n) is 15.5. The quantitative estimate of drug-likeness (QED) is 0.545. The maximum Gasteiger partial charge on any atom is 0.271 e. The van der Waals surface area contributed by atoms with Crippen molar-refractivity contribution in [2.75, 3.05) is 5.32 Å². The second-order valence-electron chi connectivity index (χ2n) is 6.81. The highest BCUT2D eigenvalue weighted by molar-refractivity contribution is 7.15. The fourth-order valence-electron chi connectivity index (χ4n) is 3.01. The molecule has 1 amide bonds. The molecule has 1 N–H and O–H groups in total. The van der Waals surface area contributed by atoms with Gasteiger partial charge in [0.2, 0.25) is 0 Å². The average molecular weight is 389 g/mol. The number of hydrogen-bond donors (Lipinski definition) is 1. The first-order chi connectivity index (χ1) is 13.5. The van der Waals surface area contributed by atoms with Gasteiger partial charge in [0.05, 0.1) is 5.69 Å². The Kier molecular flexibility index (Phi) is 4.79. The van der Waals surface area contributed by atoms with E-state index in [-0.39, 0.29) is 11.1 Å². The van der Waals surface area contributed by atoms with Crippen LogP contribution in [0, 0.1) is 0 Å². The molecule has 0 radical (unpaired) electrons. The molecule has 6 heteroatoms. The lowest BCUT2D eigenvalue weighted by atomic mass is 10.0. The van der Waals surface area contributed by atoms with Gasteiger partial charge in [-0.1, -0.05) is 56.3 Å². The van der Waals surface area contributed by atoms with Gasteiger partial charge in [-0.3, -0.25) is 14.0 Å². The zero-order chi connectivity index (χ0) is 19.7. The lowest BCUT2D eigenvalue weighted by Gasteiger charge is -2.08. The van der Waals surface area contributed by atoms with E-state index >= 15 is 0 Å². The third-order valence-electron chi connectivity index (χ3n) is 4.60. The number of thiazole rings is 1. The third-order valence-corrected chi connectivity index (χ3v) is 5.44. The highest BCUT2D eigenvalue weighted by Gasteiger charge is 2.17. The van der Waals surface area contributed by atoms with E-state index in [0.717, 1.165) is 11.3 Å². The molecule has 0 unspecified atom stereocenters. The number of carbonyl (C=O) groups is 1. The number of hydrogen-bond acceptors (Lipinski definition) is 4. The van der Waals surface area contributed by atoms with Crippen molar-refractivity contribution in [1.29, 1.82) is 0 Å². The van der Waals surface area contributed by atoms with Gasteiger partial charge in [0.25, 0.3) is 11.5 Å². The van der Waals surface area contributed by atoms with Gasteiger partial charge in [-0.05, 0) is 29.2 Å². The standard InChI is InChI=1S/C22H19N3O2S/c1-14(2)15-8-10-17(11-9-15)24-20(26)18-12-23-22-25(21(18)27)19(13-28-22)16-6-4-3-5-7-16/h3-14H,1-2H3,(H,24,26). The van der Waals surface area contributed by atoms with Crippen molar-refractivity contribution in [3.63, 3.8) is 0 Å². The summed E-state index contributed by atoms with van der Waals surface area (Å²) < 4.78 is 1.50. The minimum atomic E-state index is -0.464. The largest absolute Gasteiger partial charge is 0.322 e. The molecule has 140 valence electrons. The van der Waals surface area contributed by atoms with E-state index in [4.69, 9.17) is 0 Å². The molecule has 0 saturated carbocycles. The summed E-state index contributed by atoms with van der Waals surface area (Å²) in [6.45, 7) is 4.22. The minimum absolute atomic E-state index is 0.0148. The van der Waals surface area contributed by atoms with Crippen molar-refractivity contribution in [1.82, 2.24) is 9.38 Å². The van der Waals surface area contributed by atoms with Crippen molar-refractivity contribution in [2.45, 2.75) is 19.8 Å². The molecule has 2 aromatic heterocycles. The van der Waals surface area contributed by atoms with Crippen LogP contribution in [-0.4, -0.2) is 15.3 Å². The lowest BCUT2D eigenvalue weighted by molar-refractivity contribution is 0.102. The van der Waals surface area contributed by atoms with Crippen LogP contribution in [0.3, 0.4) is 0 Å². The van der Waals surface area contributed by atoms with E-state index in [1.165, 1.54) is 27.5 Å². The highest BCUT2D eigenvalue weighted by atomic mass is 32.1. The number of rotatable bonds is 4. The fourth-order valence-corrected chi connectivity index (χ4v) is 3.87. The maximum atomic E-state index is 13.0. The predicted octanol–water partition coefficient (Wildman–Crippen LogP) is 4.80. The Bertz CT molecular complexity index is 1190. The number of fused-ring (bicyclic) bond motifs is 1. The maximum absolute atomic E-state index is 13.0. The number of amides is 1. The fraction of sp³-hybridized carbons (Fsp3) is 0.136. The molecule has 0 fully saturated rings. The number of nitrogens with one attached hydrogen (secondary N) is 1. The van der Waals surface area contributed by atoms with Gasteiger partial charge in [0, 0.05) is 17.3 Å². The van der Waals surface area contributed by atoms with Gasteiger partial charge in [0.1, 0.15) is 5.56 Å². The molecule has 0 aliphatic heterocycles. The van der Waals surface area contributed by atoms with E-state index in [2.05, 4.69) is 24.1 Å². The molecule has 0 bridgehead atoms. The molecule has 4 rings (SSSR count). The van der Waals surface area contributed by atoms with Crippen molar-refractivity contribution < 1.29 is 4.79 Å². The van der Waals surface area contributed by atoms with Gasteiger partial charge >= 0.3 is 0 Å². The van der Waals surface area contributed by atoms with Crippen LogP contribution in [0.15, 0.2) is 71.0 Å². The molecule has 5 nitrogen and oxygen atoms in total. The molecule has 0 atom stereocenters. The zero-order valence-corrected chi connectivity index (χ0v) is 16.4. The molecule has 0 spiro atoms. The molecule has 0 aliphatic rings. The van der Waals surface area contributed by atoms with Crippen LogP contribution in [-0.2, 0) is 0 Å². The van der Waals surface area contributed by atoms with Crippen molar-refractivity contribution in [3.8, 4) is 11.3 Å². The summed E-state index contributed by atoms with van der Waals surface area (Å²) in [5.74, 6) is -0.0505. The minimum Gasteiger partial charge on any atom is -0.322 e. The molecular weight excluding hydrogens is 370 g/mol. The van der Waals surface area contributed by atoms with E-state index in [9.17, 15) is 9.59 Å². The topological polar surface area (TPSA) is 63.5 Å². The van der Waals surface area contributed by atoms with Crippen LogP contribution < -0.4 is 10.9 Å². The Morgan fingerprint density at radius 2 is 1.79 bits per heavy atom. The van der Waals surface area contributed by atoms with E-state index in [1.807, 2.05) is 60.0 Å². The summed E-state index contributed by atoms with van der Waals surface area (Å²) in [5.41, 5.74) is 3.11. The Hall–Kier alpha value is -3.25. The summed E-state index contributed by atoms with van der Waals surface area (Å²) in [6.07, 6.45) is 1.35. The molecule has 4 aromatic rings. The van der Waals surface area contributed by atoms with Gasteiger partial charge < -0.3 is 5.32 Å². The van der Waals surface area contributed by atoms with Crippen LogP contribution in [0.2, 0.25) is 0 Å². The summed E-state index contributed by atoms with van der Waals surface area (Å²) in [5, 5.41) is 4.67. The van der Waals surface area contributed by atoms with Crippen molar-refractivity contribution in [3.05, 3.63) is 87.7 Å². The summed E-state index contributed by atoms with van der Waals surface area (Å²) >= 11 is 1.37. The SMILES string of the molecule is CC(C)c1ccc(NC(=O)c2cnc3scc(-c4ccccc4)n3c2=O)cc1. The first-order valence-electron chi connectivity index (χ1n) is 9.00. The van der Waals surface area contributed by atoms with Gasteiger partial charge in [-0.15, -0.1) is 11.3 Å². The van der Waals surface area contributed by atoms with Crippen LogP contribution in [0.25, 0.3) is 16.2 Å². The summed E-state index contributed by atoms with van der Waals surface area (Å²) in [7, 11) is 0. The first kappa shape index (κ1) is 18.1. The smallest absolute Gasteiger partial charge is 0.271 e. The normalized spacial score (nSPS) is 11.1. The number of anilines is 1. The molecule has 2 aromatic carbocycles. The number of carbonyl (C=O) groups excluding carboxylic acids is 1. The summed E-state index contributed by atoms with van der Waals surface area (Å²) in [6, 6.07) is 17.2.